The summed E-state index contributed by atoms with van der Waals surface area (Å²) >= 11 is 6.48. The first-order valence-electron chi connectivity index (χ1n) is 26.5. The van der Waals surface area contributed by atoms with E-state index in [2.05, 4.69) is 53.9 Å². The first kappa shape index (κ1) is 60.4. The number of allylic oxidation sites excluding steroid dienone is 1. The largest absolute Gasteiger partial charge is 1.00 e. The van der Waals surface area contributed by atoms with Crippen LogP contribution < -0.4 is 45.5 Å². The van der Waals surface area contributed by atoms with Crippen molar-refractivity contribution in [1.29, 1.82) is 0 Å². The number of aromatic nitrogens is 2. The number of nitrogens with two attached hydrogens (primary N) is 1. The second kappa shape index (κ2) is 27.6. The normalized spacial score (nSPS) is 16.9. The zero-order valence-electron chi connectivity index (χ0n) is 45.8. The average Bonchev–Trinajstić information content (AvgIpc) is 3.72. The quantitative estimate of drug-likeness (QED) is 0.0959. The fourth-order valence-corrected chi connectivity index (χ4v) is 11.7. The van der Waals surface area contributed by atoms with Gasteiger partial charge in [-0.2, -0.15) is 17.9 Å². The number of anilines is 1. The molecule has 12 heteroatoms. The first-order valence-corrected chi connectivity index (χ1v) is 26.9. The Kier molecular flexibility index (Phi) is 22.5. The molecular formula is C62H81ClF3N7Na-. The SMILES string of the molecule is C=C(N)c1ccc(CC)c(F)c1-c1c(Cl)c(F)cc(Cc2ccccc2)c1C(C)C.C=C1CCN(c2nn(C)c3c(F)c(C4CCN(CC5CCN(C(=C)C6CC[CH-]CC6)CC5)CC4)ccc23)C(=C)N1.CC.[CH3-].[Na+]. The van der Waals surface area contributed by atoms with Gasteiger partial charge in [0.05, 0.1) is 5.02 Å². The third-order valence-electron chi connectivity index (χ3n) is 15.3. The van der Waals surface area contributed by atoms with Crippen LogP contribution in [0.5, 0.6) is 0 Å². The molecule has 4 aliphatic rings. The zero-order chi connectivity index (χ0) is 51.8. The van der Waals surface area contributed by atoms with Gasteiger partial charge in [-0.05, 0) is 115 Å². The summed E-state index contributed by atoms with van der Waals surface area (Å²) < 4.78 is 48.3. The number of piperidine rings is 2. The van der Waals surface area contributed by atoms with E-state index in [-0.39, 0.29) is 70.9 Å². The van der Waals surface area contributed by atoms with E-state index >= 15 is 13.2 Å². The van der Waals surface area contributed by atoms with Gasteiger partial charge in [-0.1, -0.05) is 134 Å². The molecule has 7 nitrogen and oxygen atoms in total. The minimum atomic E-state index is -0.572. The monoisotopic (exact) mass is 1040 g/mol. The Labute approximate surface area is 469 Å². The second-order valence-corrected chi connectivity index (χ2v) is 20.7. The van der Waals surface area contributed by atoms with Gasteiger partial charge in [0.2, 0.25) is 0 Å². The summed E-state index contributed by atoms with van der Waals surface area (Å²) in [5.74, 6) is 2.09. The maximum absolute atomic E-state index is 16.0. The second-order valence-electron chi connectivity index (χ2n) is 20.3. The number of benzene rings is 4. The van der Waals surface area contributed by atoms with Gasteiger partial charge in [0.1, 0.15) is 23.0 Å². The number of nitrogens with one attached hydrogen (secondary N) is 1. The number of rotatable bonds is 12. The van der Waals surface area contributed by atoms with E-state index in [1.54, 1.807) is 16.8 Å². The van der Waals surface area contributed by atoms with Crippen molar-refractivity contribution in [2.75, 3.05) is 44.2 Å². The van der Waals surface area contributed by atoms with Crippen molar-refractivity contribution in [3.8, 4) is 11.1 Å². The van der Waals surface area contributed by atoms with Crippen molar-refractivity contribution in [2.45, 2.75) is 117 Å². The molecule has 3 saturated heterocycles. The molecule has 0 amide bonds. The minimum Gasteiger partial charge on any atom is -0.399 e. The topological polar surface area (TPSA) is 65.6 Å². The molecule has 4 fully saturated rings. The van der Waals surface area contributed by atoms with Gasteiger partial charge in [-0.3, -0.25) is 4.68 Å². The van der Waals surface area contributed by atoms with Crippen LogP contribution in [0.2, 0.25) is 5.02 Å². The predicted molar refractivity (Wildman–Crippen MR) is 303 cm³/mol. The molecule has 9 rings (SSSR count). The number of likely N-dealkylation sites (tertiary alicyclic amines) is 2. The van der Waals surface area contributed by atoms with Crippen molar-refractivity contribution in [3.63, 3.8) is 0 Å². The van der Waals surface area contributed by atoms with E-state index in [1.807, 2.05) is 83.0 Å². The molecule has 3 aliphatic heterocycles. The van der Waals surface area contributed by atoms with Crippen LogP contribution in [0.4, 0.5) is 19.0 Å². The fourth-order valence-electron chi connectivity index (χ4n) is 11.5. The zero-order valence-corrected chi connectivity index (χ0v) is 48.6. The summed E-state index contributed by atoms with van der Waals surface area (Å²) in [6.45, 7) is 32.6. The van der Waals surface area contributed by atoms with Crippen LogP contribution in [0.3, 0.4) is 0 Å². The molecule has 0 unspecified atom stereocenters. The molecular weight excluding hydrogens is 958 g/mol. The Bertz CT molecular complexity index is 2730. The van der Waals surface area contributed by atoms with Gasteiger partial charge < -0.3 is 39.6 Å². The molecule has 5 aromatic rings. The Hall–Kier alpha value is -4.45. The Morgan fingerprint density at radius 2 is 1.53 bits per heavy atom. The molecule has 1 saturated carbocycles. The standard InChI is InChI=1S/C33H46FN6.C26H26ClF2N.C2H6.CH3.Na/c1-23-12-21-40(25(3)35-23)33-30-11-10-29(31(34)32(30)37(4)36-33)28-15-17-38(18-16-28)22-26-13-19-39(20-14-26)24(2)27-8-6-5-7-9-27;1-5-18-11-12-20(16(4)30)23(26(18)29)24-22(15(2)3)19(14-21(28)25(24)27)13-17-9-7-6-8-10-17;1-2;;/h5,10-11,26-28,35H,1-3,6-9,12-22H2,4H3;6-12,14-15H,4-5,13,30H2,1-3H3;1-2H3;1H3;/q-1;;;-1;+1. The van der Waals surface area contributed by atoms with Crippen LogP contribution in [-0.2, 0) is 19.9 Å². The van der Waals surface area contributed by atoms with Gasteiger partial charge in [0, 0.05) is 78.8 Å². The number of fused-ring (bicyclic) bond motifs is 1. The van der Waals surface area contributed by atoms with Gasteiger partial charge in [-0.25, -0.2) is 13.2 Å². The maximum Gasteiger partial charge on any atom is 1.00 e. The number of halogens is 4. The smallest absolute Gasteiger partial charge is 0.399 e. The molecule has 4 heterocycles. The van der Waals surface area contributed by atoms with Crippen molar-refractivity contribution >= 4 is 34.0 Å². The van der Waals surface area contributed by atoms with Crippen LogP contribution in [0.15, 0.2) is 104 Å². The Morgan fingerprint density at radius 1 is 0.865 bits per heavy atom. The van der Waals surface area contributed by atoms with E-state index in [1.165, 1.54) is 56.8 Å². The predicted octanol–water partition coefficient (Wildman–Crippen LogP) is 12.3. The molecule has 394 valence electrons. The van der Waals surface area contributed by atoms with Gasteiger partial charge in [0.15, 0.2) is 11.6 Å². The molecule has 1 aromatic heterocycles. The molecule has 0 spiro atoms. The molecule has 74 heavy (non-hydrogen) atoms. The van der Waals surface area contributed by atoms with Crippen LogP contribution in [0.25, 0.3) is 27.7 Å². The molecule has 4 aromatic carbocycles. The third kappa shape index (κ3) is 13.6. The van der Waals surface area contributed by atoms with Crippen LogP contribution in [0, 0.1) is 43.1 Å². The number of aryl methyl sites for hydroxylation is 2. The van der Waals surface area contributed by atoms with Crippen molar-refractivity contribution < 1.29 is 42.7 Å². The van der Waals surface area contributed by atoms with E-state index in [0.717, 1.165) is 103 Å². The van der Waals surface area contributed by atoms with Gasteiger partial charge in [0.25, 0.3) is 0 Å². The van der Waals surface area contributed by atoms with E-state index in [0.29, 0.717) is 41.0 Å². The number of nitrogens with zero attached hydrogens (tertiary/aromatic N) is 5. The number of hydrogen-bond acceptors (Lipinski definition) is 6. The minimum absolute atomic E-state index is 0. The molecule has 1 aliphatic carbocycles. The van der Waals surface area contributed by atoms with Gasteiger partial charge >= 0.3 is 29.6 Å². The molecule has 3 N–H and O–H groups in total. The van der Waals surface area contributed by atoms with E-state index in [9.17, 15) is 0 Å². The van der Waals surface area contributed by atoms with Crippen LogP contribution in [0.1, 0.15) is 138 Å². The average molecular weight is 1040 g/mol. The molecule has 0 radical (unpaired) electrons. The summed E-state index contributed by atoms with van der Waals surface area (Å²) in [6, 6.07) is 18.8. The van der Waals surface area contributed by atoms with Crippen molar-refractivity contribution in [1.82, 2.24) is 24.9 Å². The third-order valence-corrected chi connectivity index (χ3v) is 15.7. The van der Waals surface area contributed by atoms with Crippen LogP contribution in [-0.4, -0.2) is 58.8 Å². The maximum atomic E-state index is 16.0. The van der Waals surface area contributed by atoms with Crippen molar-refractivity contribution in [2.24, 2.45) is 24.6 Å². The van der Waals surface area contributed by atoms with Gasteiger partial charge in [-0.15, -0.1) is 0 Å². The van der Waals surface area contributed by atoms with E-state index < -0.39 is 11.6 Å². The number of hydrogen-bond donors (Lipinski definition) is 2. The molecule has 0 atom stereocenters. The summed E-state index contributed by atoms with van der Waals surface area (Å²) in [5.41, 5.74) is 14.2. The summed E-state index contributed by atoms with van der Waals surface area (Å²) in [4.78, 5) is 7.24. The first-order chi connectivity index (χ1) is 34.6. The van der Waals surface area contributed by atoms with Crippen LogP contribution >= 0.6 is 11.6 Å². The summed E-state index contributed by atoms with van der Waals surface area (Å²) in [5, 5.41) is 8.67. The van der Waals surface area contributed by atoms with Crippen molar-refractivity contribution in [3.05, 3.63) is 174 Å². The van der Waals surface area contributed by atoms with E-state index in [4.69, 9.17) is 22.4 Å². The molecule has 0 bridgehead atoms. The summed E-state index contributed by atoms with van der Waals surface area (Å²) in [6.07, 6.45) is 13.9. The Balaban J connectivity index is 0.000000268. The Morgan fingerprint density at radius 3 is 2.14 bits per heavy atom. The fraction of sp³-hybridized carbons (Fsp3) is 0.435. The summed E-state index contributed by atoms with van der Waals surface area (Å²) in [7, 11) is 1.84.